The molecule has 1 heterocycles. The fourth-order valence-corrected chi connectivity index (χ4v) is 2.76. The van der Waals surface area contributed by atoms with Gasteiger partial charge in [-0.2, -0.15) is 0 Å². The molecule has 0 aliphatic heterocycles. The number of nitrogens with one attached hydrogen (secondary N) is 1. The highest BCUT2D eigenvalue weighted by molar-refractivity contribution is 9.10. The van der Waals surface area contributed by atoms with E-state index in [0.717, 1.165) is 28.0 Å². The van der Waals surface area contributed by atoms with Crippen LogP contribution in [0.15, 0.2) is 16.6 Å². The average Bonchev–Trinajstić information content (AvgIpc) is 3.20. The van der Waals surface area contributed by atoms with Crippen LogP contribution >= 0.6 is 15.9 Å². The van der Waals surface area contributed by atoms with Crippen LogP contribution in [-0.4, -0.2) is 39.3 Å². The van der Waals surface area contributed by atoms with Crippen LogP contribution in [0.1, 0.15) is 19.3 Å². The van der Waals surface area contributed by atoms with Crippen molar-refractivity contribution in [2.75, 3.05) is 13.2 Å². The van der Waals surface area contributed by atoms with Crippen molar-refractivity contribution < 1.29 is 14.6 Å². The lowest BCUT2D eigenvalue weighted by molar-refractivity contribution is 0.193. The molecule has 1 fully saturated rings. The second-order valence-corrected chi connectivity index (χ2v) is 6.19. The molecule has 7 nitrogen and oxygen atoms in total. The molecular weight excluding hydrogens is 352 g/mol. The third kappa shape index (κ3) is 3.49. The minimum atomic E-state index is -1.02. The summed E-state index contributed by atoms with van der Waals surface area (Å²) < 4.78 is 8.41. The van der Waals surface area contributed by atoms with E-state index in [4.69, 9.17) is 9.84 Å². The van der Waals surface area contributed by atoms with Crippen molar-refractivity contribution in [3.05, 3.63) is 16.6 Å². The maximum atomic E-state index is 10.3. The predicted molar refractivity (Wildman–Crippen MR) is 84.1 cm³/mol. The molecule has 3 rings (SSSR count). The Morgan fingerprint density at radius 2 is 2.32 bits per heavy atom. The summed E-state index contributed by atoms with van der Waals surface area (Å²) in [5.41, 5.74) is 1.79. The van der Waals surface area contributed by atoms with Gasteiger partial charge in [-0.3, -0.25) is 0 Å². The predicted octanol–water partition coefficient (Wildman–Crippen LogP) is 2.64. The molecule has 1 aliphatic carbocycles. The number of fused-ring (bicyclic) bond motifs is 1. The van der Waals surface area contributed by atoms with Crippen LogP contribution in [0.25, 0.3) is 11.0 Å². The molecule has 0 atom stereocenters. The Hall–Kier alpha value is -1.83. The highest BCUT2D eigenvalue weighted by atomic mass is 79.9. The molecule has 0 bridgehead atoms. The molecule has 1 aliphatic rings. The topological polar surface area (TPSA) is 89.3 Å². The molecule has 0 spiro atoms. The summed E-state index contributed by atoms with van der Waals surface area (Å²) in [4.78, 5) is 10.3. The summed E-state index contributed by atoms with van der Waals surface area (Å²) in [6.45, 7) is 1.72. The Morgan fingerprint density at radius 3 is 3.05 bits per heavy atom. The van der Waals surface area contributed by atoms with E-state index in [0.29, 0.717) is 25.3 Å². The lowest BCUT2D eigenvalue weighted by Gasteiger charge is -2.08. The Morgan fingerprint density at radius 1 is 1.50 bits per heavy atom. The minimum Gasteiger partial charge on any atom is -0.492 e. The molecule has 22 heavy (non-hydrogen) atoms. The fraction of sp³-hybridized carbons (Fsp3) is 0.500. The minimum absolute atomic E-state index is 0.368. The molecule has 1 aromatic carbocycles. The monoisotopic (exact) mass is 368 g/mol. The van der Waals surface area contributed by atoms with Crippen LogP contribution in [-0.2, 0) is 6.54 Å². The first-order chi connectivity index (χ1) is 10.6. The molecule has 2 N–H and O–H groups in total. The zero-order valence-electron chi connectivity index (χ0n) is 12.0. The standard InChI is InChI=1S/C14H17BrN4O3/c15-12-11(22-7-1-6-16-14(20)21)5-4-10-13(12)17-18-19(10)8-9-2-3-9/h4-5,9,16H,1-3,6-8H2,(H,20,21). The van der Waals surface area contributed by atoms with Gasteiger partial charge >= 0.3 is 6.09 Å². The van der Waals surface area contributed by atoms with Gasteiger partial charge in [0.25, 0.3) is 0 Å². The first-order valence-electron chi connectivity index (χ1n) is 7.26. The normalized spacial score (nSPS) is 14.2. The summed E-state index contributed by atoms with van der Waals surface area (Å²) >= 11 is 3.52. The summed E-state index contributed by atoms with van der Waals surface area (Å²) in [7, 11) is 0. The van der Waals surface area contributed by atoms with Crippen LogP contribution in [0.3, 0.4) is 0 Å². The van der Waals surface area contributed by atoms with E-state index in [2.05, 4.69) is 31.6 Å². The van der Waals surface area contributed by atoms with Crippen molar-refractivity contribution in [3.63, 3.8) is 0 Å². The molecule has 2 aromatic rings. The van der Waals surface area contributed by atoms with Gasteiger partial charge in [0.05, 0.1) is 16.6 Å². The maximum Gasteiger partial charge on any atom is 0.404 e. The van der Waals surface area contributed by atoms with E-state index in [1.807, 2.05) is 16.8 Å². The van der Waals surface area contributed by atoms with Gasteiger partial charge in [0, 0.05) is 13.1 Å². The van der Waals surface area contributed by atoms with Gasteiger partial charge in [0.2, 0.25) is 0 Å². The van der Waals surface area contributed by atoms with Gasteiger partial charge < -0.3 is 15.2 Å². The SMILES string of the molecule is O=C(O)NCCCOc1ccc2c(nnn2CC2CC2)c1Br. The van der Waals surface area contributed by atoms with Crippen molar-refractivity contribution >= 4 is 33.1 Å². The van der Waals surface area contributed by atoms with Crippen LogP contribution in [0, 0.1) is 5.92 Å². The number of halogens is 1. The van der Waals surface area contributed by atoms with E-state index < -0.39 is 6.09 Å². The molecule has 1 aromatic heterocycles. The summed E-state index contributed by atoms with van der Waals surface area (Å²) in [6.07, 6.45) is 2.13. The van der Waals surface area contributed by atoms with Gasteiger partial charge in [0.1, 0.15) is 11.3 Å². The zero-order valence-corrected chi connectivity index (χ0v) is 13.5. The van der Waals surface area contributed by atoms with Crippen LogP contribution in [0.4, 0.5) is 4.79 Å². The number of hydrogen-bond donors (Lipinski definition) is 2. The number of carbonyl (C=O) groups is 1. The zero-order chi connectivity index (χ0) is 15.5. The molecule has 1 amide bonds. The summed E-state index contributed by atoms with van der Waals surface area (Å²) in [5, 5.41) is 19.2. The van der Waals surface area contributed by atoms with Gasteiger partial charge in [-0.1, -0.05) is 5.21 Å². The molecule has 0 saturated heterocycles. The van der Waals surface area contributed by atoms with Crippen LogP contribution in [0.2, 0.25) is 0 Å². The van der Waals surface area contributed by atoms with E-state index >= 15 is 0 Å². The first kappa shape index (κ1) is 15.1. The first-order valence-corrected chi connectivity index (χ1v) is 8.05. The third-order valence-electron chi connectivity index (χ3n) is 3.57. The number of ether oxygens (including phenoxy) is 1. The number of carboxylic acid groups (broad SMARTS) is 1. The van der Waals surface area contributed by atoms with Crippen LogP contribution in [0.5, 0.6) is 5.75 Å². The second-order valence-electron chi connectivity index (χ2n) is 5.39. The average molecular weight is 369 g/mol. The van der Waals surface area contributed by atoms with E-state index in [-0.39, 0.29) is 0 Å². The van der Waals surface area contributed by atoms with Gasteiger partial charge in [-0.15, -0.1) is 5.10 Å². The quantitative estimate of drug-likeness (QED) is 0.733. The summed E-state index contributed by atoms with van der Waals surface area (Å²) in [6, 6.07) is 3.86. The maximum absolute atomic E-state index is 10.3. The molecule has 1 saturated carbocycles. The van der Waals surface area contributed by atoms with Crippen molar-refractivity contribution in [1.82, 2.24) is 20.3 Å². The number of hydrogen-bond acceptors (Lipinski definition) is 4. The Labute approximate surface area is 135 Å². The highest BCUT2D eigenvalue weighted by Gasteiger charge is 2.23. The van der Waals surface area contributed by atoms with Gasteiger partial charge in [-0.25, -0.2) is 9.48 Å². The number of aromatic nitrogens is 3. The van der Waals surface area contributed by atoms with Gasteiger partial charge in [0.15, 0.2) is 0 Å². The number of nitrogens with zero attached hydrogens (tertiary/aromatic N) is 3. The molecule has 118 valence electrons. The third-order valence-corrected chi connectivity index (χ3v) is 4.34. The van der Waals surface area contributed by atoms with Gasteiger partial charge in [-0.05, 0) is 53.2 Å². The van der Waals surface area contributed by atoms with Crippen molar-refractivity contribution in [1.29, 1.82) is 0 Å². The van der Waals surface area contributed by atoms with Crippen molar-refractivity contribution in [2.24, 2.45) is 5.92 Å². The lowest BCUT2D eigenvalue weighted by Crippen LogP contribution is -2.23. The Bertz CT molecular complexity index is 684. The number of amides is 1. The lowest BCUT2D eigenvalue weighted by atomic mass is 10.3. The number of benzene rings is 1. The van der Waals surface area contributed by atoms with Crippen LogP contribution < -0.4 is 10.1 Å². The molecule has 0 radical (unpaired) electrons. The van der Waals surface area contributed by atoms with Crippen molar-refractivity contribution in [3.8, 4) is 5.75 Å². The smallest absolute Gasteiger partial charge is 0.404 e. The summed E-state index contributed by atoms with van der Waals surface area (Å²) in [5.74, 6) is 1.43. The largest absolute Gasteiger partial charge is 0.492 e. The van der Waals surface area contributed by atoms with E-state index in [1.165, 1.54) is 12.8 Å². The Kier molecular flexibility index (Phi) is 4.47. The number of rotatable bonds is 7. The molecule has 0 unspecified atom stereocenters. The van der Waals surface area contributed by atoms with E-state index in [9.17, 15) is 4.79 Å². The molecular formula is C14H17BrN4O3. The second kappa shape index (κ2) is 6.51. The Balaban J connectivity index is 1.63. The molecule has 8 heteroatoms. The van der Waals surface area contributed by atoms with Crippen molar-refractivity contribution in [2.45, 2.75) is 25.8 Å². The fourth-order valence-electron chi connectivity index (χ4n) is 2.23. The van der Waals surface area contributed by atoms with E-state index in [1.54, 1.807) is 0 Å². The highest BCUT2D eigenvalue weighted by Crippen LogP contribution is 2.34.